The molecule has 1 saturated heterocycles. The monoisotopic (exact) mass is 868 g/mol. The molecular formula is C49H77N3O10. The number of likely N-dealkylation sites (N-methyl/N-ethyl adjacent to an activating group) is 1. The van der Waals surface area contributed by atoms with Crippen LogP contribution in [0.4, 0.5) is 9.59 Å². The standard InChI is InChI=1S/C49H77N3O10/c1-5-8-9-10-11-12-13-14-15-19-28-50-47(55)60-37-26-27-42-40(34-37)45-38(24-17-21-30-54)36(23-16-20-29-53)33-39-41(51-62-44-25-18-22-32-58-44)35-43(52(4)48(56)57-7-3)49(61-42,46(39)45)59-31-6-2/h6,26-27,33-34,36,38,43-46,53-54H,2,5,7-25,28-32,35H2,1,3-4H3,(H,50,55). The topological polar surface area (TPSA) is 158 Å². The Morgan fingerprint density at radius 2 is 1.69 bits per heavy atom. The van der Waals surface area contributed by atoms with E-state index in [2.05, 4.69) is 24.9 Å². The fourth-order valence-corrected chi connectivity index (χ4v) is 10.0. The van der Waals surface area contributed by atoms with Crippen LogP contribution in [0.1, 0.15) is 154 Å². The molecule has 1 saturated carbocycles. The summed E-state index contributed by atoms with van der Waals surface area (Å²) in [7, 11) is 1.71. The molecular weight excluding hydrogens is 791 g/mol. The predicted molar refractivity (Wildman–Crippen MR) is 240 cm³/mol. The van der Waals surface area contributed by atoms with Gasteiger partial charge in [0.2, 0.25) is 12.1 Å². The zero-order valence-corrected chi connectivity index (χ0v) is 38.0. The van der Waals surface area contributed by atoms with E-state index in [0.29, 0.717) is 43.2 Å². The molecule has 13 nitrogen and oxygen atoms in total. The van der Waals surface area contributed by atoms with Crippen LogP contribution >= 0.6 is 0 Å². The summed E-state index contributed by atoms with van der Waals surface area (Å²) in [5.74, 6) is -1.09. The summed E-state index contributed by atoms with van der Waals surface area (Å²) in [6.07, 6.45) is 22.1. The van der Waals surface area contributed by atoms with Crippen LogP contribution in [-0.2, 0) is 19.0 Å². The van der Waals surface area contributed by atoms with Crippen molar-refractivity contribution in [2.45, 2.75) is 166 Å². The maximum atomic E-state index is 13.7. The van der Waals surface area contributed by atoms with Crippen molar-refractivity contribution in [1.29, 1.82) is 0 Å². The zero-order chi connectivity index (χ0) is 44.2. The van der Waals surface area contributed by atoms with E-state index in [1.807, 2.05) is 12.1 Å². The van der Waals surface area contributed by atoms with Crippen molar-refractivity contribution in [2.24, 2.45) is 22.9 Å². The number of aliphatic hydroxyl groups is 2. The number of amides is 2. The van der Waals surface area contributed by atoms with E-state index in [9.17, 15) is 19.8 Å². The van der Waals surface area contributed by atoms with Gasteiger partial charge in [0.1, 0.15) is 17.5 Å². The van der Waals surface area contributed by atoms with E-state index in [1.54, 1.807) is 31.0 Å². The van der Waals surface area contributed by atoms with Crippen molar-refractivity contribution in [3.8, 4) is 11.5 Å². The summed E-state index contributed by atoms with van der Waals surface area (Å²) in [6, 6.07) is 4.81. The van der Waals surface area contributed by atoms with E-state index in [0.717, 1.165) is 75.3 Å². The quantitative estimate of drug-likeness (QED) is 0.0442. The molecule has 4 aliphatic rings. The number of nitrogens with one attached hydrogen (secondary N) is 1. The Labute approximate surface area is 370 Å². The van der Waals surface area contributed by atoms with Gasteiger partial charge in [0.15, 0.2) is 0 Å². The average Bonchev–Trinajstić information content (AvgIpc) is 3.28. The number of unbranched alkanes of at least 4 members (excludes halogenated alkanes) is 11. The van der Waals surface area contributed by atoms with Gasteiger partial charge in [-0.3, -0.25) is 0 Å². The lowest BCUT2D eigenvalue weighted by molar-refractivity contribution is -0.254. The van der Waals surface area contributed by atoms with Crippen LogP contribution in [0.15, 0.2) is 47.7 Å². The van der Waals surface area contributed by atoms with Crippen LogP contribution in [0.2, 0.25) is 0 Å². The predicted octanol–water partition coefficient (Wildman–Crippen LogP) is 9.94. The second-order valence-corrected chi connectivity index (χ2v) is 17.5. The molecule has 0 bridgehead atoms. The molecule has 0 spiro atoms. The first-order chi connectivity index (χ1) is 30.3. The van der Waals surface area contributed by atoms with Gasteiger partial charge in [-0.05, 0) is 87.5 Å². The lowest BCUT2D eigenvalue weighted by Gasteiger charge is -2.59. The van der Waals surface area contributed by atoms with Crippen LogP contribution in [0.3, 0.4) is 0 Å². The maximum absolute atomic E-state index is 13.7. The number of benzene rings is 1. The third-order valence-electron chi connectivity index (χ3n) is 13.1. The summed E-state index contributed by atoms with van der Waals surface area (Å²) >= 11 is 0. The second-order valence-electron chi connectivity index (χ2n) is 17.5. The zero-order valence-electron chi connectivity index (χ0n) is 38.0. The molecule has 2 aliphatic carbocycles. The highest BCUT2D eigenvalue weighted by Gasteiger charge is 2.65. The molecule has 2 fully saturated rings. The van der Waals surface area contributed by atoms with Gasteiger partial charge in [-0.2, -0.15) is 0 Å². The minimum absolute atomic E-state index is 0.0271. The van der Waals surface area contributed by atoms with Crippen LogP contribution in [0, 0.1) is 17.8 Å². The summed E-state index contributed by atoms with van der Waals surface area (Å²) in [5, 5.41) is 27.6. The van der Waals surface area contributed by atoms with E-state index in [1.165, 1.54) is 44.9 Å². The van der Waals surface area contributed by atoms with Gasteiger partial charge in [0.25, 0.3) is 0 Å². The molecule has 348 valence electrons. The van der Waals surface area contributed by atoms with Crippen molar-refractivity contribution in [3.05, 3.63) is 48.1 Å². The van der Waals surface area contributed by atoms with Crippen molar-refractivity contribution in [3.63, 3.8) is 0 Å². The molecule has 0 radical (unpaired) electrons. The Bertz CT molecular complexity index is 1600. The summed E-state index contributed by atoms with van der Waals surface area (Å²) in [6.45, 7) is 9.67. The van der Waals surface area contributed by atoms with Crippen LogP contribution in [-0.4, -0.2) is 97.8 Å². The van der Waals surface area contributed by atoms with Gasteiger partial charge in [-0.1, -0.05) is 94.9 Å². The normalized spacial score (nSPS) is 25.8. The van der Waals surface area contributed by atoms with E-state index in [4.69, 9.17) is 33.7 Å². The second kappa shape index (κ2) is 26.2. The number of rotatable bonds is 27. The first kappa shape index (κ1) is 49.4. The minimum atomic E-state index is -1.40. The number of carbonyl (C=O) groups is 2. The van der Waals surface area contributed by atoms with Gasteiger partial charge in [0, 0.05) is 51.1 Å². The molecule has 1 aromatic carbocycles. The minimum Gasteiger partial charge on any atom is -0.459 e. The number of aliphatic hydroxyl groups excluding tert-OH is 2. The Hall–Kier alpha value is -3.65. The van der Waals surface area contributed by atoms with E-state index >= 15 is 0 Å². The molecule has 2 amide bonds. The maximum Gasteiger partial charge on any atom is 0.412 e. The van der Waals surface area contributed by atoms with Gasteiger partial charge >= 0.3 is 12.2 Å². The van der Waals surface area contributed by atoms with E-state index in [-0.39, 0.29) is 50.6 Å². The highest BCUT2D eigenvalue weighted by atomic mass is 16.8. The number of carbonyl (C=O) groups excluding carboxylic acids is 2. The van der Waals surface area contributed by atoms with Crippen LogP contribution in [0.25, 0.3) is 0 Å². The number of allylic oxidation sites excluding steroid dienone is 1. The lowest BCUT2D eigenvalue weighted by Crippen LogP contribution is -2.69. The number of ether oxygens (including phenoxy) is 5. The van der Waals surface area contributed by atoms with Gasteiger partial charge < -0.3 is 49.0 Å². The molecule has 3 N–H and O–H groups in total. The Morgan fingerprint density at radius 1 is 0.968 bits per heavy atom. The number of oxime groups is 1. The number of hydrogen-bond donors (Lipinski definition) is 3. The van der Waals surface area contributed by atoms with Crippen molar-refractivity contribution >= 4 is 17.9 Å². The van der Waals surface area contributed by atoms with Gasteiger partial charge in [0.05, 0.1) is 31.5 Å². The molecule has 5 rings (SSSR count). The highest BCUT2D eigenvalue weighted by Crippen LogP contribution is 2.62. The highest BCUT2D eigenvalue weighted by molar-refractivity contribution is 6.03. The van der Waals surface area contributed by atoms with Gasteiger partial charge in [-0.15, -0.1) is 6.58 Å². The number of fused-ring (bicyclic) bond motifs is 2. The Balaban J connectivity index is 1.50. The van der Waals surface area contributed by atoms with Crippen molar-refractivity contribution in [2.75, 3.05) is 46.6 Å². The molecule has 0 aromatic heterocycles. The molecule has 2 aliphatic heterocycles. The summed E-state index contributed by atoms with van der Waals surface area (Å²) < 4.78 is 31.5. The third-order valence-corrected chi connectivity index (χ3v) is 13.1. The molecule has 1 aromatic rings. The summed E-state index contributed by atoms with van der Waals surface area (Å²) in [5.41, 5.74) is 2.47. The first-order valence-electron chi connectivity index (χ1n) is 24.0. The fraction of sp³-hybridized carbons (Fsp3) is 0.735. The third kappa shape index (κ3) is 13.2. The Morgan fingerprint density at radius 3 is 2.37 bits per heavy atom. The number of hydrogen-bond acceptors (Lipinski definition) is 11. The SMILES string of the molecule is C=CCOC12Oc3ccc(OC(=O)NCCCCCCCCCCCC)cc3C3C(CCCCO)C(CCCCO)C=C(C(=NOC4CCCCO4)CC1N(C)C(=O)OCC)C32. The van der Waals surface area contributed by atoms with E-state index < -0.39 is 36.2 Å². The van der Waals surface area contributed by atoms with Gasteiger partial charge in [-0.25, -0.2) is 9.59 Å². The first-order valence-corrected chi connectivity index (χ1v) is 24.0. The molecule has 13 heteroatoms. The largest absolute Gasteiger partial charge is 0.459 e. The molecule has 7 unspecified atom stereocenters. The smallest absolute Gasteiger partial charge is 0.412 e. The van der Waals surface area contributed by atoms with Crippen LogP contribution < -0.4 is 14.8 Å². The van der Waals surface area contributed by atoms with Crippen molar-refractivity contribution < 1.29 is 48.3 Å². The fourth-order valence-electron chi connectivity index (χ4n) is 10.0. The lowest BCUT2D eigenvalue weighted by atomic mass is 9.55. The van der Waals surface area contributed by atoms with Crippen molar-refractivity contribution in [1.82, 2.24) is 10.2 Å². The van der Waals surface area contributed by atoms with Crippen LogP contribution in [0.5, 0.6) is 11.5 Å². The molecule has 7 atom stereocenters. The average molecular weight is 868 g/mol. The Kier molecular flexibility index (Phi) is 20.9. The molecule has 2 heterocycles. The summed E-state index contributed by atoms with van der Waals surface area (Å²) in [4.78, 5) is 34.6. The number of nitrogens with zero attached hydrogens (tertiary/aromatic N) is 2. The molecule has 62 heavy (non-hydrogen) atoms.